The van der Waals surface area contributed by atoms with E-state index in [4.69, 9.17) is 9.47 Å². The minimum Gasteiger partial charge on any atom is -0.465 e. The molecule has 0 N–H and O–H groups in total. The molecule has 1 aromatic rings. The molecule has 0 unspecified atom stereocenters. The average Bonchev–Trinajstić information content (AvgIpc) is 2.02. The van der Waals surface area contributed by atoms with E-state index >= 15 is 0 Å². The van der Waals surface area contributed by atoms with Gasteiger partial charge in [-0.3, -0.25) is 0 Å². The maximum atomic E-state index is 5.35. The van der Waals surface area contributed by atoms with Gasteiger partial charge in [0.1, 0.15) is 0 Å². The van der Waals surface area contributed by atoms with Gasteiger partial charge in [0.25, 0.3) is 0 Å². The molecule has 0 amide bonds. The van der Waals surface area contributed by atoms with Gasteiger partial charge in [0.2, 0.25) is 0 Å². The van der Waals surface area contributed by atoms with Crippen LogP contribution in [0.1, 0.15) is 0 Å². The summed E-state index contributed by atoms with van der Waals surface area (Å²) < 4.78 is 13.2. The zero-order valence-electron chi connectivity index (χ0n) is 6.81. The molecule has 0 saturated heterocycles. The lowest BCUT2D eigenvalue weighted by Crippen LogP contribution is -2.00. The van der Waals surface area contributed by atoms with Gasteiger partial charge in [0.15, 0.2) is 12.5 Å². The summed E-state index contributed by atoms with van der Waals surface area (Å²) in [6, 6.07) is 3.96. The standard InChI is InChI=1S/C8H7Br2IO2/c1-12-4-13-8-6(9)2-5(11)3-7(8)10/h2-3H,4H2,1H3. The van der Waals surface area contributed by atoms with E-state index in [1.165, 1.54) is 0 Å². The molecule has 0 radical (unpaired) electrons. The largest absolute Gasteiger partial charge is 0.465 e. The fraction of sp³-hybridized carbons (Fsp3) is 0.250. The number of benzene rings is 1. The summed E-state index contributed by atoms with van der Waals surface area (Å²) in [5, 5.41) is 0. The van der Waals surface area contributed by atoms with Crippen LogP contribution < -0.4 is 4.74 Å². The molecule has 0 saturated carbocycles. The Labute approximate surface area is 107 Å². The van der Waals surface area contributed by atoms with Crippen molar-refractivity contribution in [3.63, 3.8) is 0 Å². The highest BCUT2D eigenvalue weighted by molar-refractivity contribution is 14.1. The maximum absolute atomic E-state index is 5.35. The highest BCUT2D eigenvalue weighted by Gasteiger charge is 2.07. The van der Waals surface area contributed by atoms with Crippen LogP contribution in [-0.4, -0.2) is 13.9 Å². The van der Waals surface area contributed by atoms with E-state index in [0.29, 0.717) is 0 Å². The number of ether oxygens (including phenoxy) is 2. The van der Waals surface area contributed by atoms with E-state index in [1.807, 2.05) is 12.1 Å². The van der Waals surface area contributed by atoms with Crippen molar-refractivity contribution >= 4 is 54.5 Å². The van der Waals surface area contributed by atoms with Crippen molar-refractivity contribution in [3.8, 4) is 5.75 Å². The zero-order valence-corrected chi connectivity index (χ0v) is 12.1. The van der Waals surface area contributed by atoms with E-state index in [9.17, 15) is 0 Å². The number of hydrogen-bond acceptors (Lipinski definition) is 2. The van der Waals surface area contributed by atoms with Crippen LogP contribution in [0.3, 0.4) is 0 Å². The Hall–Kier alpha value is 0.670. The Bertz CT molecular complexity index is 281. The molecular weight excluding hydrogens is 415 g/mol. The summed E-state index contributed by atoms with van der Waals surface area (Å²) in [5.41, 5.74) is 0. The number of methoxy groups -OCH3 is 1. The molecule has 0 aromatic heterocycles. The van der Waals surface area contributed by atoms with Crippen molar-refractivity contribution < 1.29 is 9.47 Å². The fourth-order valence-corrected chi connectivity index (χ4v) is 3.68. The van der Waals surface area contributed by atoms with Gasteiger partial charge in [-0.2, -0.15) is 0 Å². The number of halogens is 3. The van der Waals surface area contributed by atoms with E-state index in [-0.39, 0.29) is 6.79 Å². The van der Waals surface area contributed by atoms with Crippen LogP contribution in [0.15, 0.2) is 21.1 Å². The molecule has 0 spiro atoms. The van der Waals surface area contributed by atoms with Gasteiger partial charge >= 0.3 is 0 Å². The summed E-state index contributed by atoms with van der Waals surface area (Å²) in [7, 11) is 1.59. The first-order valence-electron chi connectivity index (χ1n) is 3.41. The number of rotatable bonds is 3. The van der Waals surface area contributed by atoms with Gasteiger partial charge in [0.05, 0.1) is 8.95 Å². The first kappa shape index (κ1) is 11.7. The van der Waals surface area contributed by atoms with Crippen LogP contribution in [0, 0.1) is 3.57 Å². The normalized spacial score (nSPS) is 10.2. The van der Waals surface area contributed by atoms with Crippen molar-refractivity contribution in [2.24, 2.45) is 0 Å². The molecule has 0 bridgehead atoms. The van der Waals surface area contributed by atoms with Gasteiger partial charge in [-0.1, -0.05) is 0 Å². The van der Waals surface area contributed by atoms with Crippen LogP contribution in [0.25, 0.3) is 0 Å². The minimum absolute atomic E-state index is 0.248. The molecule has 1 rings (SSSR count). The smallest absolute Gasteiger partial charge is 0.188 e. The van der Waals surface area contributed by atoms with Crippen molar-refractivity contribution in [2.75, 3.05) is 13.9 Å². The first-order chi connectivity index (χ1) is 6.15. The SMILES string of the molecule is COCOc1c(Br)cc(I)cc1Br. The third-order valence-electron chi connectivity index (χ3n) is 1.28. The van der Waals surface area contributed by atoms with Crippen molar-refractivity contribution in [1.29, 1.82) is 0 Å². The maximum Gasteiger partial charge on any atom is 0.188 e. The predicted molar refractivity (Wildman–Crippen MR) is 67.1 cm³/mol. The fourth-order valence-electron chi connectivity index (χ4n) is 0.785. The second kappa shape index (κ2) is 5.53. The Morgan fingerprint density at radius 3 is 2.31 bits per heavy atom. The third kappa shape index (κ3) is 3.38. The molecule has 0 atom stereocenters. The topological polar surface area (TPSA) is 18.5 Å². The Balaban J connectivity index is 2.92. The van der Waals surface area contributed by atoms with Gasteiger partial charge in [-0.15, -0.1) is 0 Å². The Morgan fingerprint density at radius 2 is 1.85 bits per heavy atom. The van der Waals surface area contributed by atoms with E-state index in [2.05, 4.69) is 54.5 Å². The molecule has 0 aliphatic carbocycles. The lowest BCUT2D eigenvalue weighted by atomic mass is 10.3. The Kier molecular flexibility index (Phi) is 4.99. The molecule has 0 heterocycles. The minimum atomic E-state index is 0.248. The predicted octanol–water partition coefficient (Wildman–Crippen LogP) is 3.80. The summed E-state index contributed by atoms with van der Waals surface area (Å²) in [6.45, 7) is 0.248. The molecule has 0 fully saturated rings. The average molecular weight is 422 g/mol. The lowest BCUT2D eigenvalue weighted by Gasteiger charge is -2.09. The summed E-state index contributed by atoms with van der Waals surface area (Å²) in [6.07, 6.45) is 0. The van der Waals surface area contributed by atoms with Gasteiger partial charge in [0, 0.05) is 10.7 Å². The monoisotopic (exact) mass is 420 g/mol. The van der Waals surface area contributed by atoms with Crippen LogP contribution in [-0.2, 0) is 4.74 Å². The molecule has 2 nitrogen and oxygen atoms in total. The second-order valence-corrected chi connectivity index (χ2v) is 5.20. The highest BCUT2D eigenvalue weighted by atomic mass is 127. The van der Waals surface area contributed by atoms with E-state index in [0.717, 1.165) is 18.3 Å². The molecule has 13 heavy (non-hydrogen) atoms. The van der Waals surface area contributed by atoms with Crippen LogP contribution >= 0.6 is 54.5 Å². The quantitative estimate of drug-likeness (QED) is 0.546. The summed E-state index contributed by atoms with van der Waals surface area (Å²) in [4.78, 5) is 0. The summed E-state index contributed by atoms with van der Waals surface area (Å²) >= 11 is 9.06. The van der Waals surface area contributed by atoms with Crippen LogP contribution in [0.4, 0.5) is 0 Å². The van der Waals surface area contributed by atoms with Crippen molar-refractivity contribution in [3.05, 3.63) is 24.6 Å². The lowest BCUT2D eigenvalue weighted by molar-refractivity contribution is 0.0500. The van der Waals surface area contributed by atoms with Gasteiger partial charge in [-0.05, 0) is 66.6 Å². The van der Waals surface area contributed by atoms with Crippen molar-refractivity contribution in [1.82, 2.24) is 0 Å². The van der Waals surface area contributed by atoms with E-state index in [1.54, 1.807) is 7.11 Å². The zero-order chi connectivity index (χ0) is 9.84. The molecule has 0 aliphatic rings. The van der Waals surface area contributed by atoms with Gasteiger partial charge in [-0.25, -0.2) is 0 Å². The van der Waals surface area contributed by atoms with Gasteiger partial charge < -0.3 is 9.47 Å². The second-order valence-electron chi connectivity index (χ2n) is 2.25. The van der Waals surface area contributed by atoms with Crippen LogP contribution in [0.2, 0.25) is 0 Å². The van der Waals surface area contributed by atoms with Crippen molar-refractivity contribution in [2.45, 2.75) is 0 Å². The molecule has 0 aliphatic heterocycles. The molecule has 1 aromatic carbocycles. The highest BCUT2D eigenvalue weighted by Crippen LogP contribution is 2.35. The molecular formula is C8H7Br2IO2. The van der Waals surface area contributed by atoms with Crippen LogP contribution in [0.5, 0.6) is 5.75 Å². The van der Waals surface area contributed by atoms with E-state index < -0.39 is 0 Å². The Morgan fingerprint density at radius 1 is 1.31 bits per heavy atom. The third-order valence-corrected chi connectivity index (χ3v) is 3.09. The molecule has 5 heteroatoms. The first-order valence-corrected chi connectivity index (χ1v) is 6.08. The number of hydrogen-bond donors (Lipinski definition) is 0. The summed E-state index contributed by atoms with van der Waals surface area (Å²) in [5.74, 6) is 0.766. The molecule has 72 valence electrons.